The highest BCUT2D eigenvalue weighted by Crippen LogP contribution is 2.22. The first-order valence-electron chi connectivity index (χ1n) is 9.44. The Labute approximate surface area is 156 Å². The summed E-state index contributed by atoms with van der Waals surface area (Å²) in [5.41, 5.74) is 2.15. The molecule has 1 aliphatic carbocycles. The highest BCUT2D eigenvalue weighted by molar-refractivity contribution is 5.91. The second kappa shape index (κ2) is 9.23. The van der Waals surface area contributed by atoms with Crippen LogP contribution in [0.3, 0.4) is 0 Å². The molecular weight excluding hydrogens is 322 g/mol. The number of rotatable bonds is 6. The molecule has 1 amide bonds. The van der Waals surface area contributed by atoms with Crippen molar-refractivity contribution < 1.29 is 9.53 Å². The van der Waals surface area contributed by atoms with Crippen molar-refractivity contribution in [1.29, 1.82) is 0 Å². The number of carbonyl (C=O) groups is 1. The maximum Gasteiger partial charge on any atom is 0.246 e. The zero-order chi connectivity index (χ0) is 18.2. The molecule has 2 aromatic carbocycles. The highest BCUT2D eigenvalue weighted by atomic mass is 16.5. The van der Waals surface area contributed by atoms with Crippen LogP contribution >= 0.6 is 0 Å². The first kappa shape index (κ1) is 18.2. The Balaban J connectivity index is 1.51. The lowest BCUT2D eigenvalue weighted by molar-refractivity contribution is -0.127. The van der Waals surface area contributed by atoms with E-state index in [2.05, 4.69) is 0 Å². The smallest absolute Gasteiger partial charge is 0.246 e. The summed E-state index contributed by atoms with van der Waals surface area (Å²) in [6.07, 6.45) is 9.57. The fourth-order valence-corrected chi connectivity index (χ4v) is 3.35. The van der Waals surface area contributed by atoms with E-state index in [0.29, 0.717) is 12.6 Å². The van der Waals surface area contributed by atoms with Crippen molar-refractivity contribution in [3.05, 3.63) is 71.8 Å². The van der Waals surface area contributed by atoms with Gasteiger partial charge in [0.25, 0.3) is 0 Å². The van der Waals surface area contributed by atoms with Gasteiger partial charge in [-0.05, 0) is 42.2 Å². The van der Waals surface area contributed by atoms with Crippen LogP contribution in [-0.4, -0.2) is 23.9 Å². The third-order valence-electron chi connectivity index (χ3n) is 5.02. The lowest BCUT2D eigenvalue weighted by Crippen LogP contribution is -2.37. The van der Waals surface area contributed by atoms with Crippen molar-refractivity contribution in [2.75, 3.05) is 7.05 Å². The molecule has 0 bridgehead atoms. The van der Waals surface area contributed by atoms with Crippen LogP contribution in [0.5, 0.6) is 5.75 Å². The van der Waals surface area contributed by atoms with E-state index < -0.39 is 0 Å². The Hall–Kier alpha value is -2.55. The normalized spacial score (nSPS) is 15.1. The minimum atomic E-state index is 0.0845. The summed E-state index contributed by atoms with van der Waals surface area (Å²) in [6.45, 7) is 0.556. The second-order valence-corrected chi connectivity index (χ2v) is 6.92. The summed E-state index contributed by atoms with van der Waals surface area (Å²) in [7, 11) is 1.92. The minimum Gasteiger partial charge on any atom is -0.489 e. The van der Waals surface area contributed by atoms with Crippen molar-refractivity contribution in [2.45, 2.75) is 44.8 Å². The van der Waals surface area contributed by atoms with Gasteiger partial charge in [-0.3, -0.25) is 4.79 Å². The molecule has 0 aromatic heterocycles. The summed E-state index contributed by atoms with van der Waals surface area (Å²) < 4.78 is 5.79. The van der Waals surface area contributed by atoms with E-state index in [9.17, 15) is 4.79 Å². The summed E-state index contributed by atoms with van der Waals surface area (Å²) >= 11 is 0. The Morgan fingerprint density at radius 3 is 2.42 bits per heavy atom. The Morgan fingerprint density at radius 1 is 1.04 bits per heavy atom. The van der Waals surface area contributed by atoms with E-state index >= 15 is 0 Å². The van der Waals surface area contributed by atoms with Gasteiger partial charge in [-0.2, -0.15) is 0 Å². The SMILES string of the molecule is CN(C(=O)/C=C/c1ccc(OCc2ccccc2)cc1)C1CCCCC1. The topological polar surface area (TPSA) is 29.5 Å². The van der Waals surface area contributed by atoms with Gasteiger partial charge in [0.05, 0.1) is 0 Å². The largest absolute Gasteiger partial charge is 0.489 e. The van der Waals surface area contributed by atoms with Gasteiger partial charge in [-0.15, -0.1) is 0 Å². The average molecular weight is 349 g/mol. The summed E-state index contributed by atoms with van der Waals surface area (Å²) in [6, 6.07) is 18.3. The van der Waals surface area contributed by atoms with E-state index in [-0.39, 0.29) is 5.91 Å². The van der Waals surface area contributed by atoms with E-state index in [1.807, 2.05) is 72.6 Å². The van der Waals surface area contributed by atoms with Crippen LogP contribution < -0.4 is 4.74 Å². The van der Waals surface area contributed by atoms with Gasteiger partial charge in [0, 0.05) is 19.2 Å². The number of likely N-dealkylation sites (N-methyl/N-ethyl adjacent to an activating group) is 1. The fourth-order valence-electron chi connectivity index (χ4n) is 3.35. The number of amides is 1. The van der Waals surface area contributed by atoms with Crippen molar-refractivity contribution >= 4 is 12.0 Å². The monoisotopic (exact) mass is 349 g/mol. The molecule has 0 unspecified atom stereocenters. The van der Waals surface area contributed by atoms with Gasteiger partial charge in [0.15, 0.2) is 0 Å². The summed E-state index contributed by atoms with van der Waals surface area (Å²) in [4.78, 5) is 14.3. The van der Waals surface area contributed by atoms with Crippen LogP contribution in [0, 0.1) is 0 Å². The first-order valence-corrected chi connectivity index (χ1v) is 9.44. The maximum absolute atomic E-state index is 12.4. The molecule has 0 aliphatic heterocycles. The lowest BCUT2D eigenvalue weighted by Gasteiger charge is -2.30. The minimum absolute atomic E-state index is 0.0845. The third-order valence-corrected chi connectivity index (χ3v) is 5.02. The van der Waals surface area contributed by atoms with Crippen molar-refractivity contribution in [2.24, 2.45) is 0 Å². The number of hydrogen-bond donors (Lipinski definition) is 0. The molecule has 1 saturated carbocycles. The molecular formula is C23H27NO2. The predicted octanol–water partition coefficient (Wildman–Crippen LogP) is 5.07. The van der Waals surface area contributed by atoms with Crippen LogP contribution in [0.4, 0.5) is 0 Å². The van der Waals surface area contributed by atoms with E-state index in [1.54, 1.807) is 6.08 Å². The van der Waals surface area contributed by atoms with Crippen molar-refractivity contribution in [3.8, 4) is 5.75 Å². The molecule has 3 nitrogen and oxygen atoms in total. The second-order valence-electron chi connectivity index (χ2n) is 6.92. The molecule has 2 aromatic rings. The van der Waals surface area contributed by atoms with Gasteiger partial charge in [-0.1, -0.05) is 61.7 Å². The predicted molar refractivity (Wildman–Crippen MR) is 106 cm³/mol. The molecule has 1 aliphatic rings. The molecule has 136 valence electrons. The molecule has 0 heterocycles. The summed E-state index contributed by atoms with van der Waals surface area (Å²) in [5.74, 6) is 0.915. The van der Waals surface area contributed by atoms with Crippen LogP contribution in [-0.2, 0) is 11.4 Å². The molecule has 0 spiro atoms. The molecule has 3 rings (SSSR count). The van der Waals surface area contributed by atoms with Crippen molar-refractivity contribution in [1.82, 2.24) is 4.90 Å². The molecule has 1 fully saturated rings. The molecule has 0 radical (unpaired) electrons. The Morgan fingerprint density at radius 2 is 1.73 bits per heavy atom. The van der Waals surface area contributed by atoms with Gasteiger partial charge >= 0.3 is 0 Å². The van der Waals surface area contributed by atoms with Gasteiger partial charge in [-0.25, -0.2) is 0 Å². The maximum atomic E-state index is 12.4. The Kier molecular flexibility index (Phi) is 6.48. The van der Waals surface area contributed by atoms with Gasteiger partial charge < -0.3 is 9.64 Å². The molecule has 0 saturated heterocycles. The lowest BCUT2D eigenvalue weighted by atomic mass is 9.94. The van der Waals surface area contributed by atoms with Crippen molar-refractivity contribution in [3.63, 3.8) is 0 Å². The fraction of sp³-hybridized carbons (Fsp3) is 0.348. The number of nitrogens with zero attached hydrogens (tertiary/aromatic N) is 1. The number of ether oxygens (including phenoxy) is 1. The van der Waals surface area contributed by atoms with Gasteiger partial charge in [0.1, 0.15) is 12.4 Å². The first-order chi connectivity index (χ1) is 12.7. The molecule has 0 N–H and O–H groups in total. The standard InChI is InChI=1S/C23H27NO2/c1-24(21-10-6-3-7-11-21)23(25)17-14-19-12-15-22(16-13-19)26-18-20-8-4-2-5-9-20/h2,4-5,8-9,12-17,21H,3,6-7,10-11,18H2,1H3/b17-14+. The third kappa shape index (κ3) is 5.22. The highest BCUT2D eigenvalue weighted by Gasteiger charge is 2.20. The van der Waals surface area contributed by atoms with E-state index in [4.69, 9.17) is 4.74 Å². The quantitative estimate of drug-likeness (QED) is 0.682. The number of hydrogen-bond acceptors (Lipinski definition) is 2. The zero-order valence-corrected chi connectivity index (χ0v) is 15.4. The average Bonchev–Trinajstić information content (AvgIpc) is 2.72. The number of carbonyl (C=O) groups excluding carboxylic acids is 1. The van der Waals surface area contributed by atoms with Crippen LogP contribution in [0.1, 0.15) is 43.2 Å². The molecule has 26 heavy (non-hydrogen) atoms. The van der Waals surface area contributed by atoms with E-state index in [1.165, 1.54) is 19.3 Å². The van der Waals surface area contributed by atoms with Crippen LogP contribution in [0.15, 0.2) is 60.7 Å². The van der Waals surface area contributed by atoms with Crippen LogP contribution in [0.2, 0.25) is 0 Å². The zero-order valence-electron chi connectivity index (χ0n) is 15.4. The molecule has 3 heteroatoms. The molecule has 0 atom stereocenters. The summed E-state index contributed by atoms with van der Waals surface area (Å²) in [5, 5.41) is 0. The Bertz CT molecular complexity index is 716. The van der Waals surface area contributed by atoms with E-state index in [0.717, 1.165) is 29.7 Å². The number of benzene rings is 2. The van der Waals surface area contributed by atoms with Crippen LogP contribution in [0.25, 0.3) is 6.08 Å². The van der Waals surface area contributed by atoms with Gasteiger partial charge in [0.2, 0.25) is 5.91 Å².